The molecule has 108 valence electrons. The van der Waals surface area contributed by atoms with Gasteiger partial charge in [-0.1, -0.05) is 31.3 Å². The van der Waals surface area contributed by atoms with Crippen molar-refractivity contribution < 1.29 is 0 Å². The number of hydrogen-bond acceptors (Lipinski definition) is 7. The molecule has 7 heteroatoms. The smallest absolute Gasteiger partial charge is 0.206 e. The third kappa shape index (κ3) is 3.43. The summed E-state index contributed by atoms with van der Waals surface area (Å²) in [4.78, 5) is 8.90. The number of rotatable bonds is 5. The normalized spacial score (nSPS) is 11.0. The molecule has 0 fully saturated rings. The summed E-state index contributed by atoms with van der Waals surface area (Å²) in [5, 5.41) is 16.4. The van der Waals surface area contributed by atoms with E-state index >= 15 is 0 Å². The minimum absolute atomic E-state index is 0.410. The van der Waals surface area contributed by atoms with Crippen LogP contribution >= 0.6 is 22.7 Å². The van der Waals surface area contributed by atoms with Crippen molar-refractivity contribution in [1.82, 2.24) is 20.2 Å². The van der Waals surface area contributed by atoms with Crippen molar-refractivity contribution in [2.45, 2.75) is 26.3 Å². The molecule has 21 heavy (non-hydrogen) atoms. The van der Waals surface area contributed by atoms with Crippen LogP contribution in [-0.2, 0) is 6.54 Å². The molecule has 0 spiro atoms. The van der Waals surface area contributed by atoms with E-state index in [1.807, 2.05) is 23.6 Å². The predicted molar refractivity (Wildman–Crippen MR) is 86.7 cm³/mol. The summed E-state index contributed by atoms with van der Waals surface area (Å²) in [5.74, 6) is 0.410. The maximum absolute atomic E-state index is 4.59. The first kappa shape index (κ1) is 14.1. The Labute approximate surface area is 131 Å². The number of anilines is 1. The van der Waals surface area contributed by atoms with E-state index in [9.17, 15) is 0 Å². The fourth-order valence-corrected chi connectivity index (χ4v) is 3.24. The molecule has 3 aromatic rings. The zero-order chi connectivity index (χ0) is 14.7. The van der Waals surface area contributed by atoms with Crippen molar-refractivity contribution in [3.63, 3.8) is 0 Å². The molecule has 1 N–H and O–H groups in total. The van der Waals surface area contributed by atoms with Gasteiger partial charge in [0.05, 0.1) is 17.9 Å². The lowest BCUT2D eigenvalue weighted by atomic mass is 10.2. The Bertz CT molecular complexity index is 705. The number of pyridine rings is 1. The van der Waals surface area contributed by atoms with Gasteiger partial charge in [-0.3, -0.25) is 4.98 Å². The lowest BCUT2D eigenvalue weighted by Gasteiger charge is -1.98. The fraction of sp³-hybridized carbons (Fsp3) is 0.286. The number of aromatic nitrogens is 4. The summed E-state index contributed by atoms with van der Waals surface area (Å²) in [6.45, 7) is 4.88. The number of nitrogens with zero attached hydrogens (tertiary/aromatic N) is 4. The first-order valence-electron chi connectivity index (χ1n) is 6.65. The molecule has 0 amide bonds. The standard InChI is InChI=1S/C14H15N5S2/c1-9(2)12-18-19-14(21-12)16-7-10-8-20-13(17-10)11-5-3-4-6-15-11/h3-6,8-9H,7H2,1-2H3,(H,16,19). The van der Waals surface area contributed by atoms with E-state index in [0.29, 0.717) is 12.5 Å². The van der Waals surface area contributed by atoms with E-state index in [1.54, 1.807) is 28.9 Å². The molecule has 5 nitrogen and oxygen atoms in total. The van der Waals surface area contributed by atoms with Gasteiger partial charge in [-0.05, 0) is 12.1 Å². The molecule has 0 atom stereocenters. The molecular weight excluding hydrogens is 302 g/mol. The van der Waals surface area contributed by atoms with Gasteiger partial charge in [-0.2, -0.15) is 0 Å². The van der Waals surface area contributed by atoms with Crippen LogP contribution in [0.3, 0.4) is 0 Å². The molecule has 0 aliphatic carbocycles. The second-order valence-corrected chi connectivity index (χ2v) is 6.68. The van der Waals surface area contributed by atoms with Crippen LogP contribution in [0, 0.1) is 0 Å². The van der Waals surface area contributed by atoms with Crippen molar-refractivity contribution >= 4 is 27.8 Å². The van der Waals surface area contributed by atoms with Gasteiger partial charge in [0.2, 0.25) is 5.13 Å². The molecule has 3 rings (SSSR count). The van der Waals surface area contributed by atoms with Crippen LogP contribution in [0.25, 0.3) is 10.7 Å². The molecule has 3 aromatic heterocycles. The first-order valence-corrected chi connectivity index (χ1v) is 8.35. The van der Waals surface area contributed by atoms with Gasteiger partial charge in [0.25, 0.3) is 0 Å². The Hall–Kier alpha value is -1.86. The van der Waals surface area contributed by atoms with Crippen LogP contribution < -0.4 is 5.32 Å². The topological polar surface area (TPSA) is 63.6 Å². The van der Waals surface area contributed by atoms with Gasteiger partial charge in [0, 0.05) is 17.5 Å². The second kappa shape index (κ2) is 6.28. The molecule has 0 saturated heterocycles. The van der Waals surface area contributed by atoms with Crippen molar-refractivity contribution in [3.8, 4) is 10.7 Å². The van der Waals surface area contributed by atoms with Gasteiger partial charge in [0.1, 0.15) is 10.0 Å². The molecule has 0 unspecified atom stereocenters. The van der Waals surface area contributed by atoms with E-state index in [1.165, 1.54) is 0 Å². The van der Waals surface area contributed by atoms with Gasteiger partial charge in [-0.15, -0.1) is 21.5 Å². The Morgan fingerprint density at radius 3 is 2.86 bits per heavy atom. The Kier molecular flexibility index (Phi) is 4.21. The van der Waals surface area contributed by atoms with Gasteiger partial charge in [-0.25, -0.2) is 4.98 Å². The molecule has 0 bridgehead atoms. The number of hydrogen-bond donors (Lipinski definition) is 1. The lowest BCUT2D eigenvalue weighted by Crippen LogP contribution is -1.99. The third-order valence-corrected chi connectivity index (χ3v) is 4.89. The Morgan fingerprint density at radius 2 is 2.14 bits per heavy atom. The van der Waals surface area contributed by atoms with Gasteiger partial charge in [0.15, 0.2) is 0 Å². The summed E-state index contributed by atoms with van der Waals surface area (Å²) < 4.78 is 0. The molecule has 0 aliphatic rings. The summed E-state index contributed by atoms with van der Waals surface area (Å²) in [6, 6.07) is 5.84. The SMILES string of the molecule is CC(C)c1nnc(NCc2csc(-c3ccccn3)n2)s1. The monoisotopic (exact) mass is 317 g/mol. The highest BCUT2D eigenvalue weighted by Crippen LogP contribution is 2.24. The van der Waals surface area contributed by atoms with Gasteiger partial charge >= 0.3 is 0 Å². The van der Waals surface area contributed by atoms with Crippen LogP contribution in [0.4, 0.5) is 5.13 Å². The average molecular weight is 317 g/mol. The summed E-state index contributed by atoms with van der Waals surface area (Å²) in [5.41, 5.74) is 1.90. The second-order valence-electron chi connectivity index (χ2n) is 4.81. The fourth-order valence-electron chi connectivity index (χ4n) is 1.70. The quantitative estimate of drug-likeness (QED) is 0.775. The van der Waals surface area contributed by atoms with Crippen molar-refractivity contribution in [2.75, 3.05) is 5.32 Å². The van der Waals surface area contributed by atoms with Crippen molar-refractivity contribution in [2.24, 2.45) is 0 Å². The highest BCUT2D eigenvalue weighted by Gasteiger charge is 2.09. The minimum atomic E-state index is 0.410. The Balaban J connectivity index is 1.65. The maximum atomic E-state index is 4.59. The highest BCUT2D eigenvalue weighted by molar-refractivity contribution is 7.15. The number of nitrogens with one attached hydrogen (secondary N) is 1. The van der Waals surface area contributed by atoms with Crippen molar-refractivity contribution in [3.05, 3.63) is 40.5 Å². The van der Waals surface area contributed by atoms with E-state index in [0.717, 1.165) is 26.5 Å². The summed E-state index contributed by atoms with van der Waals surface area (Å²) in [7, 11) is 0. The zero-order valence-electron chi connectivity index (χ0n) is 11.8. The van der Waals surface area contributed by atoms with E-state index in [-0.39, 0.29) is 0 Å². The maximum Gasteiger partial charge on any atom is 0.206 e. The molecular formula is C14H15N5S2. The van der Waals surface area contributed by atoms with Gasteiger partial charge < -0.3 is 5.32 Å². The molecule has 0 radical (unpaired) electrons. The zero-order valence-corrected chi connectivity index (χ0v) is 13.4. The van der Waals surface area contributed by atoms with E-state index in [2.05, 4.69) is 39.3 Å². The van der Waals surface area contributed by atoms with E-state index < -0.39 is 0 Å². The summed E-state index contributed by atoms with van der Waals surface area (Å²) in [6.07, 6.45) is 1.78. The molecule has 0 aromatic carbocycles. The number of thiazole rings is 1. The molecule has 0 aliphatic heterocycles. The largest absolute Gasteiger partial charge is 0.354 e. The van der Waals surface area contributed by atoms with Crippen LogP contribution in [0.5, 0.6) is 0 Å². The first-order chi connectivity index (χ1) is 10.2. The van der Waals surface area contributed by atoms with Crippen LogP contribution in [0.2, 0.25) is 0 Å². The highest BCUT2D eigenvalue weighted by atomic mass is 32.1. The van der Waals surface area contributed by atoms with E-state index in [4.69, 9.17) is 0 Å². The third-order valence-electron chi connectivity index (χ3n) is 2.79. The van der Waals surface area contributed by atoms with Crippen molar-refractivity contribution in [1.29, 1.82) is 0 Å². The van der Waals surface area contributed by atoms with Crippen LogP contribution in [-0.4, -0.2) is 20.2 Å². The lowest BCUT2D eigenvalue weighted by molar-refractivity contribution is 0.824. The van der Waals surface area contributed by atoms with Crippen LogP contribution in [0.15, 0.2) is 29.8 Å². The predicted octanol–water partition coefficient (Wildman–Crippen LogP) is 3.79. The average Bonchev–Trinajstić information content (AvgIpc) is 3.15. The molecule has 0 saturated carbocycles. The molecule has 3 heterocycles. The van der Waals surface area contributed by atoms with Crippen LogP contribution in [0.1, 0.15) is 30.5 Å². The summed E-state index contributed by atoms with van der Waals surface area (Å²) >= 11 is 3.19. The minimum Gasteiger partial charge on any atom is -0.354 e. The Morgan fingerprint density at radius 1 is 1.24 bits per heavy atom.